The molecule has 0 spiro atoms. The molecular weight excluding hydrogens is 190 g/mol. The number of aromatic nitrogens is 3. The van der Waals surface area contributed by atoms with E-state index in [1.165, 1.54) is 0 Å². The van der Waals surface area contributed by atoms with E-state index in [2.05, 4.69) is 21.9 Å². The molecule has 1 aliphatic heterocycles. The summed E-state index contributed by atoms with van der Waals surface area (Å²) in [5, 5.41) is 4.17. The second-order valence-electron chi connectivity index (χ2n) is 4.11. The van der Waals surface area contributed by atoms with Crippen LogP contribution in [0.2, 0.25) is 0 Å². The number of nitrogens with two attached hydrogens (primary N) is 1. The molecule has 2 rings (SSSR count). The molecule has 2 N–H and O–H groups in total. The molecule has 2 heterocycles. The molecule has 84 valence electrons. The van der Waals surface area contributed by atoms with E-state index in [1.807, 2.05) is 4.68 Å². The number of hydrogen-bond donors (Lipinski definition) is 1. The molecule has 0 atom stereocenters. The highest BCUT2D eigenvalue weighted by molar-refractivity contribution is 4.86. The first-order valence-electron chi connectivity index (χ1n) is 5.64. The smallest absolute Gasteiger partial charge is 0.140 e. The van der Waals surface area contributed by atoms with Gasteiger partial charge in [-0.25, -0.2) is 9.67 Å². The van der Waals surface area contributed by atoms with Gasteiger partial charge in [0.05, 0.1) is 6.54 Å². The number of hydrogen-bond acceptors (Lipinski definition) is 4. The van der Waals surface area contributed by atoms with Gasteiger partial charge in [-0.3, -0.25) is 4.90 Å². The maximum atomic E-state index is 5.87. The van der Waals surface area contributed by atoms with E-state index in [-0.39, 0.29) is 0 Å². The third-order valence-corrected chi connectivity index (χ3v) is 2.99. The van der Waals surface area contributed by atoms with Crippen molar-refractivity contribution in [3.63, 3.8) is 0 Å². The summed E-state index contributed by atoms with van der Waals surface area (Å²) >= 11 is 0. The van der Waals surface area contributed by atoms with Crippen molar-refractivity contribution in [3.05, 3.63) is 12.2 Å². The molecule has 1 saturated heterocycles. The summed E-state index contributed by atoms with van der Waals surface area (Å²) < 4.78 is 1.95. The lowest BCUT2D eigenvalue weighted by molar-refractivity contribution is 0.198. The van der Waals surface area contributed by atoms with Crippen LogP contribution in [0.3, 0.4) is 0 Å². The zero-order valence-electron chi connectivity index (χ0n) is 9.26. The number of nitrogens with zero attached hydrogens (tertiary/aromatic N) is 4. The summed E-state index contributed by atoms with van der Waals surface area (Å²) in [6.07, 6.45) is 3.83. The normalized spacial score (nSPS) is 19.6. The molecule has 1 aromatic rings. The lowest BCUT2D eigenvalue weighted by atomic mass is 10.1. The quantitative estimate of drug-likeness (QED) is 0.773. The van der Waals surface area contributed by atoms with Crippen molar-refractivity contribution in [3.8, 4) is 0 Å². The van der Waals surface area contributed by atoms with Gasteiger partial charge in [0, 0.05) is 25.7 Å². The Morgan fingerprint density at radius 2 is 2.20 bits per heavy atom. The first-order chi connectivity index (χ1) is 7.29. The van der Waals surface area contributed by atoms with Gasteiger partial charge in [0.15, 0.2) is 0 Å². The highest BCUT2D eigenvalue weighted by Gasteiger charge is 2.17. The van der Waals surface area contributed by atoms with Crippen LogP contribution >= 0.6 is 0 Å². The molecule has 0 aromatic carbocycles. The predicted octanol–water partition coefficient (Wildman–Crippen LogP) is 0.221. The molecule has 0 aliphatic carbocycles. The molecule has 15 heavy (non-hydrogen) atoms. The van der Waals surface area contributed by atoms with E-state index in [1.54, 1.807) is 6.33 Å². The van der Waals surface area contributed by atoms with Crippen LogP contribution in [0.5, 0.6) is 0 Å². The second-order valence-corrected chi connectivity index (χ2v) is 4.11. The highest BCUT2D eigenvalue weighted by atomic mass is 15.3. The summed E-state index contributed by atoms with van der Waals surface area (Å²) in [6.45, 7) is 6.04. The van der Waals surface area contributed by atoms with Crippen molar-refractivity contribution in [1.82, 2.24) is 19.7 Å². The van der Waals surface area contributed by atoms with Gasteiger partial charge in [-0.1, -0.05) is 0 Å². The van der Waals surface area contributed by atoms with E-state index >= 15 is 0 Å². The minimum absolute atomic E-state index is 0.394. The van der Waals surface area contributed by atoms with Crippen LogP contribution in [-0.2, 0) is 13.1 Å². The SMILES string of the molecule is CCn1ncnc1CN1CCC(N)CC1. The standard InChI is InChI=1S/C10H19N5/c1-2-15-10(12-8-13-15)7-14-5-3-9(11)4-6-14/h8-9H,2-7,11H2,1H3. The predicted molar refractivity (Wildman–Crippen MR) is 58.2 cm³/mol. The number of likely N-dealkylation sites (tertiary alicyclic amines) is 1. The minimum atomic E-state index is 0.394. The number of piperidine rings is 1. The Hall–Kier alpha value is -0.940. The lowest BCUT2D eigenvalue weighted by Gasteiger charge is -2.29. The van der Waals surface area contributed by atoms with E-state index < -0.39 is 0 Å². The fourth-order valence-corrected chi connectivity index (χ4v) is 1.99. The topological polar surface area (TPSA) is 60.0 Å². The van der Waals surface area contributed by atoms with E-state index in [4.69, 9.17) is 5.73 Å². The number of rotatable bonds is 3. The summed E-state index contributed by atoms with van der Waals surface area (Å²) in [6, 6.07) is 0.394. The molecule has 1 aliphatic rings. The van der Waals surface area contributed by atoms with E-state index in [9.17, 15) is 0 Å². The van der Waals surface area contributed by atoms with E-state index in [0.717, 1.165) is 44.8 Å². The molecule has 1 fully saturated rings. The molecule has 5 heteroatoms. The molecule has 5 nitrogen and oxygen atoms in total. The Balaban J connectivity index is 1.91. The average Bonchev–Trinajstić information content (AvgIpc) is 2.69. The fourth-order valence-electron chi connectivity index (χ4n) is 1.99. The van der Waals surface area contributed by atoms with Crippen LogP contribution in [0.4, 0.5) is 0 Å². The van der Waals surface area contributed by atoms with Gasteiger partial charge >= 0.3 is 0 Å². The van der Waals surface area contributed by atoms with Gasteiger partial charge in [0.2, 0.25) is 0 Å². The van der Waals surface area contributed by atoms with E-state index in [0.29, 0.717) is 6.04 Å². The van der Waals surface area contributed by atoms with Crippen LogP contribution in [0, 0.1) is 0 Å². The molecule has 1 aromatic heterocycles. The average molecular weight is 209 g/mol. The summed E-state index contributed by atoms with van der Waals surface area (Å²) in [7, 11) is 0. The van der Waals surface area contributed by atoms with Gasteiger partial charge in [-0.15, -0.1) is 0 Å². The third-order valence-electron chi connectivity index (χ3n) is 2.99. The second kappa shape index (κ2) is 4.72. The van der Waals surface area contributed by atoms with Crippen molar-refractivity contribution < 1.29 is 0 Å². The first kappa shape index (κ1) is 10.6. The van der Waals surface area contributed by atoms with Crippen LogP contribution < -0.4 is 5.73 Å². The molecule has 0 bridgehead atoms. The monoisotopic (exact) mass is 209 g/mol. The molecule has 0 unspecified atom stereocenters. The van der Waals surface area contributed by atoms with Crippen molar-refractivity contribution in [1.29, 1.82) is 0 Å². The Morgan fingerprint density at radius 3 is 2.87 bits per heavy atom. The van der Waals surface area contributed by atoms with Gasteiger partial charge < -0.3 is 5.73 Å². The maximum Gasteiger partial charge on any atom is 0.140 e. The summed E-state index contributed by atoms with van der Waals surface area (Å²) in [4.78, 5) is 6.68. The summed E-state index contributed by atoms with van der Waals surface area (Å²) in [5.74, 6) is 1.06. The van der Waals surface area contributed by atoms with Crippen molar-refractivity contribution in [2.45, 2.75) is 38.9 Å². The molecule has 0 amide bonds. The van der Waals surface area contributed by atoms with Crippen LogP contribution in [0.1, 0.15) is 25.6 Å². The Labute approximate surface area is 90.3 Å². The molecule has 0 saturated carbocycles. The largest absolute Gasteiger partial charge is 0.328 e. The molecule has 0 radical (unpaired) electrons. The zero-order chi connectivity index (χ0) is 10.7. The van der Waals surface area contributed by atoms with Crippen LogP contribution in [0.25, 0.3) is 0 Å². The summed E-state index contributed by atoms with van der Waals surface area (Å²) in [5.41, 5.74) is 5.87. The Morgan fingerprint density at radius 1 is 1.47 bits per heavy atom. The Bertz CT molecular complexity index is 301. The Kier molecular flexibility index (Phi) is 3.33. The van der Waals surface area contributed by atoms with Crippen LogP contribution in [-0.4, -0.2) is 38.8 Å². The number of aryl methyl sites for hydroxylation is 1. The van der Waals surface area contributed by atoms with Crippen LogP contribution in [0.15, 0.2) is 6.33 Å². The van der Waals surface area contributed by atoms with Gasteiger partial charge in [0.1, 0.15) is 12.2 Å². The van der Waals surface area contributed by atoms with Crippen molar-refractivity contribution >= 4 is 0 Å². The minimum Gasteiger partial charge on any atom is -0.328 e. The zero-order valence-corrected chi connectivity index (χ0v) is 9.26. The fraction of sp³-hybridized carbons (Fsp3) is 0.800. The van der Waals surface area contributed by atoms with Gasteiger partial charge in [-0.05, 0) is 19.8 Å². The molecular formula is C10H19N5. The van der Waals surface area contributed by atoms with Gasteiger partial charge in [-0.2, -0.15) is 5.10 Å². The highest BCUT2D eigenvalue weighted by Crippen LogP contribution is 2.10. The van der Waals surface area contributed by atoms with Crippen molar-refractivity contribution in [2.24, 2.45) is 5.73 Å². The lowest BCUT2D eigenvalue weighted by Crippen LogP contribution is -2.39. The third kappa shape index (κ3) is 2.54. The first-order valence-corrected chi connectivity index (χ1v) is 5.64. The van der Waals surface area contributed by atoms with Crippen molar-refractivity contribution in [2.75, 3.05) is 13.1 Å². The maximum absolute atomic E-state index is 5.87. The van der Waals surface area contributed by atoms with Gasteiger partial charge in [0.25, 0.3) is 0 Å².